The fourth-order valence-corrected chi connectivity index (χ4v) is 10.2. The van der Waals surface area contributed by atoms with Crippen molar-refractivity contribution in [3.63, 3.8) is 0 Å². The van der Waals surface area contributed by atoms with Crippen LogP contribution in [0.4, 0.5) is 0 Å². The van der Waals surface area contributed by atoms with Crippen LogP contribution in [0.15, 0.2) is 194 Å². The highest BCUT2D eigenvalue weighted by molar-refractivity contribution is 7.45. The molecule has 0 saturated heterocycles. The first-order chi connectivity index (χ1) is 46.0. The molecular formula is C84H136NO8P. The second-order valence-electron chi connectivity index (χ2n) is 25.2. The van der Waals surface area contributed by atoms with E-state index in [9.17, 15) is 19.0 Å². The molecule has 0 aliphatic carbocycles. The zero-order valence-corrected chi connectivity index (χ0v) is 61.2. The Balaban J connectivity index is 4.14. The number of allylic oxidation sites excluding steroid dienone is 32. The van der Waals surface area contributed by atoms with Crippen molar-refractivity contribution < 1.29 is 42.1 Å². The van der Waals surface area contributed by atoms with Gasteiger partial charge in [-0.3, -0.25) is 14.2 Å². The Hall–Kier alpha value is -5.15. The van der Waals surface area contributed by atoms with E-state index < -0.39 is 32.5 Å². The summed E-state index contributed by atoms with van der Waals surface area (Å²) in [7, 11) is 1.13. The van der Waals surface area contributed by atoms with E-state index in [1.54, 1.807) is 0 Å². The van der Waals surface area contributed by atoms with Crippen LogP contribution in [0, 0.1) is 0 Å². The number of likely N-dealkylation sites (N-methyl/N-ethyl adjacent to an activating group) is 1. The van der Waals surface area contributed by atoms with E-state index in [0.29, 0.717) is 17.4 Å². The Kier molecular flexibility index (Phi) is 68.2. The molecule has 0 aliphatic heterocycles. The van der Waals surface area contributed by atoms with Gasteiger partial charge in [-0.1, -0.05) is 311 Å². The number of phosphoric ester groups is 1. The van der Waals surface area contributed by atoms with E-state index in [0.717, 1.165) is 154 Å². The predicted octanol–water partition coefficient (Wildman–Crippen LogP) is 24.2. The van der Waals surface area contributed by atoms with Crippen molar-refractivity contribution in [1.29, 1.82) is 0 Å². The molecule has 2 unspecified atom stereocenters. The second-order valence-corrected chi connectivity index (χ2v) is 26.6. The van der Waals surface area contributed by atoms with Crippen LogP contribution in [0.1, 0.15) is 271 Å². The Morgan fingerprint density at radius 1 is 0.330 bits per heavy atom. The molecule has 0 radical (unpaired) electrons. The maximum atomic E-state index is 12.9. The number of ether oxygens (including phenoxy) is 2. The number of hydrogen-bond acceptors (Lipinski definition) is 8. The molecule has 2 atom stereocenters. The Morgan fingerprint density at radius 2 is 0.574 bits per heavy atom. The molecule has 0 fully saturated rings. The van der Waals surface area contributed by atoms with Crippen molar-refractivity contribution in [1.82, 2.24) is 0 Å². The number of rotatable bonds is 66. The van der Waals surface area contributed by atoms with Gasteiger partial charge >= 0.3 is 11.9 Å². The minimum atomic E-state index is -4.67. The molecule has 0 saturated carbocycles. The smallest absolute Gasteiger partial charge is 0.306 e. The summed E-state index contributed by atoms with van der Waals surface area (Å²) in [5, 5.41) is 0. The Morgan fingerprint density at radius 3 is 0.851 bits per heavy atom. The Labute approximate surface area is 577 Å². The van der Waals surface area contributed by atoms with E-state index in [2.05, 4.69) is 208 Å². The lowest BCUT2D eigenvalue weighted by atomic mass is 10.0. The largest absolute Gasteiger partial charge is 0.756 e. The van der Waals surface area contributed by atoms with Gasteiger partial charge in [0.15, 0.2) is 6.10 Å². The van der Waals surface area contributed by atoms with Crippen molar-refractivity contribution in [2.75, 3.05) is 47.5 Å². The third-order valence-corrected chi connectivity index (χ3v) is 16.1. The van der Waals surface area contributed by atoms with Crippen molar-refractivity contribution in [2.45, 2.75) is 277 Å². The summed E-state index contributed by atoms with van der Waals surface area (Å²) in [6.07, 6.45) is 112. The first-order valence-corrected chi connectivity index (χ1v) is 38.6. The highest BCUT2D eigenvalue weighted by Crippen LogP contribution is 2.38. The summed E-state index contributed by atoms with van der Waals surface area (Å²) < 4.78 is 34.3. The number of nitrogens with zero attached hydrogens (tertiary/aromatic N) is 1. The first kappa shape index (κ1) is 88.8. The molecule has 0 bridgehead atoms. The van der Waals surface area contributed by atoms with Crippen LogP contribution in [0.5, 0.6) is 0 Å². The predicted molar refractivity (Wildman–Crippen MR) is 406 cm³/mol. The van der Waals surface area contributed by atoms with E-state index in [4.69, 9.17) is 18.5 Å². The van der Waals surface area contributed by atoms with Crippen molar-refractivity contribution in [2.24, 2.45) is 0 Å². The van der Waals surface area contributed by atoms with Crippen molar-refractivity contribution in [3.8, 4) is 0 Å². The molecule has 9 nitrogen and oxygen atoms in total. The normalized spacial score (nSPS) is 14.2. The van der Waals surface area contributed by atoms with E-state index >= 15 is 0 Å². The van der Waals surface area contributed by atoms with Gasteiger partial charge in [-0.15, -0.1) is 0 Å². The maximum Gasteiger partial charge on any atom is 0.306 e. The van der Waals surface area contributed by atoms with E-state index in [1.165, 1.54) is 83.5 Å². The number of hydrogen-bond donors (Lipinski definition) is 0. The molecule has 0 aliphatic rings. The van der Waals surface area contributed by atoms with Crippen molar-refractivity contribution in [3.05, 3.63) is 194 Å². The lowest BCUT2D eigenvalue weighted by Crippen LogP contribution is -2.37. The van der Waals surface area contributed by atoms with E-state index in [-0.39, 0.29) is 26.1 Å². The fourth-order valence-electron chi connectivity index (χ4n) is 9.51. The minimum absolute atomic E-state index is 0.0457. The van der Waals surface area contributed by atoms with Gasteiger partial charge in [0.1, 0.15) is 19.8 Å². The number of carbonyl (C=O) groups excluding carboxylic acids is 2. The molecule has 0 aromatic rings. The fraction of sp³-hybridized carbons (Fsp3) is 0.595. The van der Waals surface area contributed by atoms with Gasteiger partial charge in [0.2, 0.25) is 0 Å². The molecule has 0 N–H and O–H groups in total. The molecule has 530 valence electrons. The van der Waals surface area contributed by atoms with Gasteiger partial charge in [-0.25, -0.2) is 0 Å². The zero-order chi connectivity index (χ0) is 68.3. The number of unbranched alkanes of at least 4 members (excludes halogenated alkanes) is 20. The van der Waals surface area contributed by atoms with Crippen LogP contribution in [-0.2, 0) is 32.7 Å². The van der Waals surface area contributed by atoms with Crippen LogP contribution in [0.25, 0.3) is 0 Å². The summed E-state index contributed by atoms with van der Waals surface area (Å²) in [5.41, 5.74) is 0. The molecule has 0 spiro atoms. The van der Waals surface area contributed by atoms with Crippen molar-refractivity contribution >= 4 is 19.8 Å². The van der Waals surface area contributed by atoms with Gasteiger partial charge in [0.25, 0.3) is 7.82 Å². The SMILES string of the molecule is CC/C=C\C/C=C\C/C=C\C/C=C\C/C=C\C/C=C\C/C=C\C/C=C\C/C=C\C/C=C\CCCCCCC(=O)OC(COC(=O)CCCCCCCCCCCCCCCCCC/C=C\C/C=C\C/C=C\C/C=C\C/C=C\C/C=C\CC)COP(=O)([O-])OCC[N+](C)(C)C. The monoisotopic (exact) mass is 1320 g/mol. The molecule has 0 heterocycles. The zero-order valence-electron chi connectivity index (χ0n) is 60.3. The summed E-state index contributed by atoms with van der Waals surface area (Å²) in [5.74, 6) is -0.871. The lowest BCUT2D eigenvalue weighted by Gasteiger charge is -2.28. The molecular weight excluding hydrogens is 1180 g/mol. The highest BCUT2D eigenvalue weighted by Gasteiger charge is 2.22. The third-order valence-electron chi connectivity index (χ3n) is 15.1. The summed E-state index contributed by atoms with van der Waals surface area (Å²) in [6.45, 7) is 3.97. The Bertz CT molecular complexity index is 2290. The van der Waals surface area contributed by atoms with Crippen LogP contribution in [-0.4, -0.2) is 70.0 Å². The summed E-state index contributed by atoms with van der Waals surface area (Å²) in [4.78, 5) is 38.1. The quantitative estimate of drug-likeness (QED) is 0.0195. The molecule has 0 rings (SSSR count). The average Bonchev–Trinajstić information content (AvgIpc) is 1.68. The first-order valence-electron chi connectivity index (χ1n) is 37.1. The minimum Gasteiger partial charge on any atom is -0.756 e. The number of esters is 2. The second kappa shape index (κ2) is 72.1. The van der Waals surface area contributed by atoms with Gasteiger partial charge < -0.3 is 27.9 Å². The lowest BCUT2D eigenvalue weighted by molar-refractivity contribution is -0.870. The number of quaternary nitrogens is 1. The topological polar surface area (TPSA) is 111 Å². The average molecular weight is 1320 g/mol. The number of phosphoric acid groups is 1. The van der Waals surface area contributed by atoms with E-state index in [1.807, 2.05) is 21.1 Å². The van der Waals surface area contributed by atoms with Gasteiger partial charge in [-0.05, 0) is 141 Å². The highest BCUT2D eigenvalue weighted by atomic mass is 31.2. The van der Waals surface area contributed by atoms with Gasteiger partial charge in [-0.2, -0.15) is 0 Å². The van der Waals surface area contributed by atoms with Crippen LogP contribution in [0.2, 0.25) is 0 Å². The molecule has 0 aromatic heterocycles. The van der Waals surface area contributed by atoms with Gasteiger partial charge in [0, 0.05) is 12.8 Å². The molecule has 94 heavy (non-hydrogen) atoms. The molecule has 10 heteroatoms. The third kappa shape index (κ3) is 75.9. The molecule has 0 aromatic carbocycles. The van der Waals surface area contributed by atoms with Crippen LogP contribution < -0.4 is 4.89 Å². The van der Waals surface area contributed by atoms with Crippen LogP contribution in [0.3, 0.4) is 0 Å². The summed E-state index contributed by atoms with van der Waals surface area (Å²) >= 11 is 0. The van der Waals surface area contributed by atoms with Crippen LogP contribution >= 0.6 is 7.82 Å². The standard InChI is InChI=1S/C84H136NO8P/c1-6-8-10-12-14-16-18-20-22-24-26-28-30-32-34-36-38-40-42-44-46-48-50-52-54-56-58-60-62-64-66-68-70-72-74-76-83(86)90-80-82(81-92-94(88,89)91-79-78-85(3,4)5)93-84(87)77-75-73-71-69-67-65-63-61-59-57-55-53-51-49-47-45-43-41-39-37-35-33-31-29-27-25-23-21-19-17-15-13-11-9-7-2/h8-11,14-17,20-23,26-29,32-35,38-41,45,47,51,53,57,59,63,65,82H,6-7,12-13,18-19,24-25,30-31,36-37,42-44,46,48-50,52,54-56,58,60-62,64,66-81H2,1-5H3/b10-8-,11-9-,16-14-,17-15-,22-20-,23-21-,28-26-,29-27-,34-32-,35-33-,40-38-,41-39-,47-45-,53-51-,59-57-,65-63-. The summed E-state index contributed by atoms with van der Waals surface area (Å²) in [6, 6.07) is 0. The van der Waals surface area contributed by atoms with Gasteiger partial charge in [0.05, 0.1) is 27.7 Å². The maximum absolute atomic E-state index is 12.9. The molecule has 0 amide bonds. The number of carbonyl (C=O) groups is 2.